The fourth-order valence-corrected chi connectivity index (χ4v) is 2.22. The number of aromatic nitrogens is 1. The fourth-order valence-electron chi connectivity index (χ4n) is 2.22. The molecule has 2 aromatic rings. The minimum atomic E-state index is 0.620. The molecule has 0 bridgehead atoms. The third-order valence-corrected chi connectivity index (χ3v) is 3.27. The Morgan fingerprint density at radius 2 is 2.00 bits per heavy atom. The molecule has 3 nitrogen and oxygen atoms in total. The van der Waals surface area contributed by atoms with Gasteiger partial charge in [0.15, 0.2) is 6.29 Å². The summed E-state index contributed by atoms with van der Waals surface area (Å²) in [5, 5.41) is 0. The van der Waals surface area contributed by atoms with Crippen molar-refractivity contribution in [2.24, 2.45) is 0 Å². The molecule has 3 heteroatoms. The Balaban J connectivity index is 2.38. The average molecular weight is 268 g/mol. The SMILES string of the molecule is CCCCN(c1ccccc1)c1ncc(C=O)cc1C. The maximum atomic E-state index is 10.8. The van der Waals surface area contributed by atoms with Crippen LogP contribution in [-0.2, 0) is 0 Å². The molecule has 1 aromatic carbocycles. The molecule has 0 radical (unpaired) electrons. The van der Waals surface area contributed by atoms with Gasteiger partial charge in [0.1, 0.15) is 5.82 Å². The zero-order valence-electron chi connectivity index (χ0n) is 12.0. The van der Waals surface area contributed by atoms with Gasteiger partial charge in [0.05, 0.1) is 0 Å². The Hall–Kier alpha value is -2.16. The first-order chi connectivity index (χ1) is 9.76. The van der Waals surface area contributed by atoms with Crippen LogP contribution < -0.4 is 4.90 Å². The highest BCUT2D eigenvalue weighted by atomic mass is 16.1. The van der Waals surface area contributed by atoms with E-state index >= 15 is 0 Å². The van der Waals surface area contributed by atoms with Crippen molar-refractivity contribution in [2.75, 3.05) is 11.4 Å². The van der Waals surface area contributed by atoms with Crippen molar-refractivity contribution >= 4 is 17.8 Å². The lowest BCUT2D eigenvalue weighted by atomic mass is 10.1. The zero-order valence-corrected chi connectivity index (χ0v) is 12.0. The number of nitrogens with zero attached hydrogens (tertiary/aromatic N) is 2. The molecule has 0 spiro atoms. The van der Waals surface area contributed by atoms with Crippen molar-refractivity contribution in [3.8, 4) is 0 Å². The van der Waals surface area contributed by atoms with E-state index in [0.29, 0.717) is 5.56 Å². The van der Waals surface area contributed by atoms with E-state index < -0.39 is 0 Å². The average Bonchev–Trinajstić information content (AvgIpc) is 2.50. The molecule has 0 aliphatic rings. The summed E-state index contributed by atoms with van der Waals surface area (Å²) in [6.45, 7) is 5.10. The van der Waals surface area contributed by atoms with E-state index in [0.717, 1.165) is 42.7 Å². The molecule has 0 N–H and O–H groups in total. The van der Waals surface area contributed by atoms with Crippen LogP contribution in [0, 0.1) is 6.92 Å². The maximum absolute atomic E-state index is 10.8. The highest BCUT2D eigenvalue weighted by Crippen LogP contribution is 2.26. The monoisotopic (exact) mass is 268 g/mol. The summed E-state index contributed by atoms with van der Waals surface area (Å²) in [7, 11) is 0. The van der Waals surface area contributed by atoms with Gasteiger partial charge in [-0.3, -0.25) is 4.79 Å². The van der Waals surface area contributed by atoms with Crippen molar-refractivity contribution < 1.29 is 4.79 Å². The second kappa shape index (κ2) is 6.85. The quantitative estimate of drug-likeness (QED) is 0.738. The number of carbonyl (C=O) groups excluding carboxylic acids is 1. The Labute approximate surface area is 120 Å². The van der Waals surface area contributed by atoms with Gasteiger partial charge in [0, 0.05) is 24.0 Å². The van der Waals surface area contributed by atoms with Crippen molar-refractivity contribution in [2.45, 2.75) is 26.7 Å². The standard InChI is InChI=1S/C17H20N2O/c1-3-4-10-19(16-8-6-5-7-9-16)17-14(2)11-15(13-20)12-18-17/h5-9,11-13H,3-4,10H2,1-2H3. The van der Waals surface area contributed by atoms with Crippen LogP contribution in [0.25, 0.3) is 0 Å². The topological polar surface area (TPSA) is 33.2 Å². The lowest BCUT2D eigenvalue weighted by Crippen LogP contribution is -2.20. The van der Waals surface area contributed by atoms with Gasteiger partial charge in [0.2, 0.25) is 0 Å². The minimum absolute atomic E-state index is 0.620. The first-order valence-electron chi connectivity index (χ1n) is 7.00. The second-order valence-electron chi connectivity index (χ2n) is 4.87. The van der Waals surface area contributed by atoms with Crippen LogP contribution in [0.15, 0.2) is 42.6 Å². The summed E-state index contributed by atoms with van der Waals surface area (Å²) >= 11 is 0. The largest absolute Gasteiger partial charge is 0.326 e. The molecule has 1 aromatic heterocycles. The number of benzene rings is 1. The molecule has 0 saturated heterocycles. The number of pyridine rings is 1. The van der Waals surface area contributed by atoms with E-state index in [9.17, 15) is 4.79 Å². The smallest absolute Gasteiger partial charge is 0.151 e. The summed E-state index contributed by atoms with van der Waals surface area (Å²) in [6, 6.07) is 12.1. The molecule has 0 atom stereocenters. The van der Waals surface area contributed by atoms with Gasteiger partial charge in [-0.1, -0.05) is 31.5 Å². The van der Waals surface area contributed by atoms with Crippen LogP contribution in [0.1, 0.15) is 35.7 Å². The predicted molar refractivity (Wildman–Crippen MR) is 82.7 cm³/mol. The molecule has 0 amide bonds. The number of aldehydes is 1. The number of rotatable bonds is 6. The van der Waals surface area contributed by atoms with Crippen molar-refractivity contribution in [1.82, 2.24) is 4.98 Å². The molecule has 0 fully saturated rings. The Morgan fingerprint density at radius 1 is 1.25 bits per heavy atom. The van der Waals surface area contributed by atoms with Gasteiger partial charge in [-0.2, -0.15) is 0 Å². The second-order valence-corrected chi connectivity index (χ2v) is 4.87. The van der Waals surface area contributed by atoms with Gasteiger partial charge < -0.3 is 4.90 Å². The van der Waals surface area contributed by atoms with E-state index in [1.165, 1.54) is 0 Å². The highest BCUT2D eigenvalue weighted by Gasteiger charge is 2.12. The molecule has 0 unspecified atom stereocenters. The van der Waals surface area contributed by atoms with Crippen LogP contribution in [0.2, 0.25) is 0 Å². The number of anilines is 2. The summed E-state index contributed by atoms with van der Waals surface area (Å²) < 4.78 is 0. The first-order valence-corrected chi connectivity index (χ1v) is 7.00. The first kappa shape index (κ1) is 14.3. The van der Waals surface area contributed by atoms with Crippen LogP contribution in [0.5, 0.6) is 0 Å². The van der Waals surface area contributed by atoms with E-state index in [1.807, 2.05) is 31.2 Å². The lowest BCUT2D eigenvalue weighted by Gasteiger charge is -2.25. The molecule has 0 aliphatic carbocycles. The normalized spacial score (nSPS) is 10.3. The number of carbonyl (C=O) groups is 1. The summed E-state index contributed by atoms with van der Waals surface area (Å²) in [5.74, 6) is 0.926. The molecular formula is C17H20N2O. The van der Waals surface area contributed by atoms with E-state index in [-0.39, 0.29) is 0 Å². The van der Waals surface area contributed by atoms with Crippen molar-refractivity contribution in [3.05, 3.63) is 53.7 Å². The summed E-state index contributed by atoms with van der Waals surface area (Å²) in [4.78, 5) is 17.5. The van der Waals surface area contributed by atoms with Gasteiger partial charge >= 0.3 is 0 Å². The zero-order chi connectivity index (χ0) is 14.4. The molecule has 0 saturated carbocycles. The number of unbranched alkanes of at least 4 members (excludes halogenated alkanes) is 1. The number of hydrogen-bond acceptors (Lipinski definition) is 3. The predicted octanol–water partition coefficient (Wildman–Crippen LogP) is 4.14. The van der Waals surface area contributed by atoms with E-state index in [2.05, 4.69) is 28.9 Å². The molecule has 20 heavy (non-hydrogen) atoms. The minimum Gasteiger partial charge on any atom is -0.326 e. The number of hydrogen-bond donors (Lipinski definition) is 0. The van der Waals surface area contributed by atoms with Crippen LogP contribution in [0.4, 0.5) is 11.5 Å². The van der Waals surface area contributed by atoms with E-state index in [4.69, 9.17) is 0 Å². The summed E-state index contributed by atoms with van der Waals surface area (Å²) in [5.41, 5.74) is 2.78. The number of para-hydroxylation sites is 1. The molecule has 2 rings (SSSR count). The molecule has 104 valence electrons. The third-order valence-electron chi connectivity index (χ3n) is 3.27. The van der Waals surface area contributed by atoms with Crippen molar-refractivity contribution in [3.63, 3.8) is 0 Å². The van der Waals surface area contributed by atoms with Gasteiger partial charge in [0.25, 0.3) is 0 Å². The molecule has 0 aliphatic heterocycles. The number of aryl methyl sites for hydroxylation is 1. The van der Waals surface area contributed by atoms with Gasteiger partial charge in [-0.05, 0) is 37.1 Å². The Kier molecular flexibility index (Phi) is 4.88. The van der Waals surface area contributed by atoms with Crippen LogP contribution in [0.3, 0.4) is 0 Å². The summed E-state index contributed by atoms with van der Waals surface area (Å²) in [6.07, 6.45) is 4.71. The molecular weight excluding hydrogens is 248 g/mol. The van der Waals surface area contributed by atoms with Crippen LogP contribution >= 0.6 is 0 Å². The van der Waals surface area contributed by atoms with Crippen molar-refractivity contribution in [1.29, 1.82) is 0 Å². The van der Waals surface area contributed by atoms with Gasteiger partial charge in [-0.15, -0.1) is 0 Å². The molecule has 1 heterocycles. The van der Waals surface area contributed by atoms with Crippen LogP contribution in [-0.4, -0.2) is 17.8 Å². The Bertz CT molecular complexity index is 566. The lowest BCUT2D eigenvalue weighted by molar-refractivity contribution is 0.112. The highest BCUT2D eigenvalue weighted by molar-refractivity contribution is 5.76. The van der Waals surface area contributed by atoms with Gasteiger partial charge in [-0.25, -0.2) is 4.98 Å². The maximum Gasteiger partial charge on any atom is 0.151 e. The van der Waals surface area contributed by atoms with E-state index in [1.54, 1.807) is 6.20 Å². The third kappa shape index (κ3) is 3.23. The Morgan fingerprint density at radius 3 is 2.60 bits per heavy atom. The fraction of sp³-hybridized carbons (Fsp3) is 0.294.